The summed E-state index contributed by atoms with van der Waals surface area (Å²) in [6.07, 6.45) is 1.48. The number of carbonyl (C=O) groups is 1. The van der Waals surface area contributed by atoms with Gasteiger partial charge in [-0.15, -0.1) is 0 Å². The molecule has 3 aromatic carbocycles. The van der Waals surface area contributed by atoms with Gasteiger partial charge in [-0.25, -0.2) is 0 Å². The number of amides is 1. The van der Waals surface area contributed by atoms with E-state index in [4.69, 9.17) is 9.47 Å². The molecule has 0 aliphatic heterocycles. The van der Waals surface area contributed by atoms with Crippen molar-refractivity contribution in [3.8, 4) is 11.5 Å². The van der Waals surface area contributed by atoms with E-state index in [2.05, 4.69) is 43.3 Å². The SMILES string of the molecule is CCC(=O)N(CC[C@H](c1ccc(C)cc1)c1ccc(OC(C)C)cc1)Cc1ccc(OC)cc1. The fourth-order valence-electron chi connectivity index (χ4n) is 4.13. The van der Waals surface area contributed by atoms with Crippen molar-refractivity contribution in [2.45, 2.75) is 59.1 Å². The molecule has 0 aliphatic rings. The summed E-state index contributed by atoms with van der Waals surface area (Å²) in [7, 11) is 1.66. The highest BCUT2D eigenvalue weighted by Crippen LogP contribution is 2.30. The number of rotatable bonds is 11. The molecule has 0 saturated heterocycles. The fraction of sp³-hybridized carbons (Fsp3) is 0.367. The van der Waals surface area contributed by atoms with Crippen molar-refractivity contribution in [1.29, 1.82) is 0 Å². The Morgan fingerprint density at radius 1 is 0.853 bits per heavy atom. The molecule has 180 valence electrons. The summed E-state index contributed by atoms with van der Waals surface area (Å²) in [4.78, 5) is 14.8. The zero-order valence-corrected chi connectivity index (χ0v) is 21.1. The van der Waals surface area contributed by atoms with Crippen LogP contribution in [0.3, 0.4) is 0 Å². The molecule has 4 heteroatoms. The summed E-state index contributed by atoms with van der Waals surface area (Å²) in [6.45, 7) is 9.37. The van der Waals surface area contributed by atoms with E-state index >= 15 is 0 Å². The van der Waals surface area contributed by atoms with Gasteiger partial charge < -0.3 is 14.4 Å². The molecule has 0 heterocycles. The van der Waals surface area contributed by atoms with Crippen LogP contribution in [-0.2, 0) is 11.3 Å². The first-order chi connectivity index (χ1) is 16.4. The van der Waals surface area contributed by atoms with Gasteiger partial charge in [0.05, 0.1) is 13.2 Å². The third-order valence-electron chi connectivity index (χ3n) is 6.01. The highest BCUT2D eigenvalue weighted by Gasteiger charge is 2.19. The van der Waals surface area contributed by atoms with Crippen molar-refractivity contribution in [2.24, 2.45) is 0 Å². The molecule has 0 radical (unpaired) electrons. The van der Waals surface area contributed by atoms with Gasteiger partial charge in [-0.05, 0) is 68.1 Å². The van der Waals surface area contributed by atoms with Crippen LogP contribution in [0.2, 0.25) is 0 Å². The van der Waals surface area contributed by atoms with E-state index in [1.807, 2.05) is 62.1 Å². The second-order valence-electron chi connectivity index (χ2n) is 9.00. The molecule has 3 aromatic rings. The molecule has 0 aromatic heterocycles. The molecular formula is C30H37NO3. The number of nitrogens with zero attached hydrogens (tertiary/aromatic N) is 1. The lowest BCUT2D eigenvalue weighted by atomic mass is 9.88. The van der Waals surface area contributed by atoms with Crippen LogP contribution in [0.5, 0.6) is 11.5 Å². The number of aryl methyl sites for hydroxylation is 1. The fourth-order valence-corrected chi connectivity index (χ4v) is 4.13. The first-order valence-corrected chi connectivity index (χ1v) is 12.1. The van der Waals surface area contributed by atoms with Crippen LogP contribution in [-0.4, -0.2) is 30.6 Å². The molecule has 0 saturated carbocycles. The number of benzene rings is 3. The van der Waals surface area contributed by atoms with E-state index in [9.17, 15) is 4.79 Å². The predicted molar refractivity (Wildman–Crippen MR) is 139 cm³/mol. The standard InChI is InChI=1S/C30H37NO3/c1-6-30(32)31(21-24-9-15-27(33-5)16-10-24)20-19-29(25-11-7-23(4)8-12-25)26-13-17-28(18-14-26)34-22(2)3/h7-18,22,29H,6,19-21H2,1-5H3/t29-/m1/s1. The summed E-state index contributed by atoms with van der Waals surface area (Å²) in [5, 5.41) is 0. The van der Waals surface area contributed by atoms with E-state index < -0.39 is 0 Å². The van der Waals surface area contributed by atoms with Crippen molar-refractivity contribution in [3.63, 3.8) is 0 Å². The smallest absolute Gasteiger partial charge is 0.222 e. The molecule has 4 nitrogen and oxygen atoms in total. The second-order valence-corrected chi connectivity index (χ2v) is 9.00. The average Bonchev–Trinajstić information content (AvgIpc) is 2.85. The molecule has 0 fully saturated rings. The van der Waals surface area contributed by atoms with Crippen LogP contribution >= 0.6 is 0 Å². The molecule has 0 N–H and O–H groups in total. The Bertz CT molecular complexity index is 1020. The van der Waals surface area contributed by atoms with Gasteiger partial charge in [-0.1, -0.05) is 61.0 Å². The van der Waals surface area contributed by atoms with Gasteiger partial charge in [0.2, 0.25) is 5.91 Å². The minimum absolute atomic E-state index is 0.144. The van der Waals surface area contributed by atoms with Gasteiger partial charge in [0, 0.05) is 25.4 Å². The van der Waals surface area contributed by atoms with Gasteiger partial charge in [-0.3, -0.25) is 4.79 Å². The lowest BCUT2D eigenvalue weighted by Crippen LogP contribution is -2.31. The number of carbonyl (C=O) groups excluding carboxylic acids is 1. The molecule has 0 bridgehead atoms. The molecule has 0 aliphatic carbocycles. The van der Waals surface area contributed by atoms with Crippen molar-refractivity contribution in [1.82, 2.24) is 4.90 Å². The molecule has 0 unspecified atom stereocenters. The second kappa shape index (κ2) is 12.3. The Kier molecular flexibility index (Phi) is 9.15. The Morgan fingerprint density at radius 2 is 1.41 bits per heavy atom. The highest BCUT2D eigenvalue weighted by atomic mass is 16.5. The number of hydrogen-bond donors (Lipinski definition) is 0. The molecule has 0 spiro atoms. The van der Waals surface area contributed by atoms with E-state index in [1.54, 1.807) is 7.11 Å². The van der Waals surface area contributed by atoms with Crippen molar-refractivity contribution < 1.29 is 14.3 Å². The maximum absolute atomic E-state index is 12.8. The van der Waals surface area contributed by atoms with Gasteiger partial charge >= 0.3 is 0 Å². The Morgan fingerprint density at radius 3 is 1.94 bits per heavy atom. The third-order valence-corrected chi connectivity index (χ3v) is 6.01. The maximum Gasteiger partial charge on any atom is 0.222 e. The van der Waals surface area contributed by atoms with Crippen molar-refractivity contribution in [3.05, 3.63) is 95.1 Å². The first-order valence-electron chi connectivity index (χ1n) is 12.1. The van der Waals surface area contributed by atoms with E-state index in [1.165, 1.54) is 16.7 Å². The largest absolute Gasteiger partial charge is 0.497 e. The Hall–Kier alpha value is -3.27. The van der Waals surface area contributed by atoms with Crippen molar-refractivity contribution in [2.75, 3.05) is 13.7 Å². The summed E-state index contributed by atoms with van der Waals surface area (Å²) < 4.78 is 11.1. The zero-order chi connectivity index (χ0) is 24.5. The minimum atomic E-state index is 0.144. The van der Waals surface area contributed by atoms with Crippen LogP contribution < -0.4 is 9.47 Å². The van der Waals surface area contributed by atoms with Crippen LogP contribution in [0.4, 0.5) is 0 Å². The summed E-state index contributed by atoms with van der Waals surface area (Å²) in [6, 6.07) is 25.1. The van der Waals surface area contributed by atoms with Crippen LogP contribution in [0.25, 0.3) is 0 Å². The Labute approximate surface area is 204 Å². The third kappa shape index (κ3) is 7.11. The van der Waals surface area contributed by atoms with Crippen LogP contribution in [0.15, 0.2) is 72.8 Å². The Balaban J connectivity index is 1.81. The predicted octanol–water partition coefficient (Wildman–Crippen LogP) is 6.75. The quantitative estimate of drug-likeness (QED) is 0.318. The van der Waals surface area contributed by atoms with Gasteiger partial charge in [-0.2, -0.15) is 0 Å². The number of methoxy groups -OCH3 is 1. The first kappa shape index (κ1) is 25.4. The van der Waals surface area contributed by atoms with Crippen molar-refractivity contribution >= 4 is 5.91 Å². The van der Waals surface area contributed by atoms with Gasteiger partial charge in [0.15, 0.2) is 0 Å². The van der Waals surface area contributed by atoms with E-state index in [0.717, 1.165) is 23.5 Å². The lowest BCUT2D eigenvalue weighted by Gasteiger charge is -2.26. The summed E-state index contributed by atoms with van der Waals surface area (Å²) in [5.41, 5.74) is 4.83. The molecule has 1 atom stereocenters. The lowest BCUT2D eigenvalue weighted by molar-refractivity contribution is -0.131. The normalized spacial score (nSPS) is 11.8. The van der Waals surface area contributed by atoms with Crippen LogP contribution in [0.1, 0.15) is 61.8 Å². The van der Waals surface area contributed by atoms with Gasteiger partial charge in [0.25, 0.3) is 0 Å². The minimum Gasteiger partial charge on any atom is -0.497 e. The van der Waals surface area contributed by atoms with E-state index in [0.29, 0.717) is 19.5 Å². The topological polar surface area (TPSA) is 38.8 Å². The average molecular weight is 460 g/mol. The molecule has 3 rings (SSSR count). The summed E-state index contributed by atoms with van der Waals surface area (Å²) >= 11 is 0. The van der Waals surface area contributed by atoms with Crippen LogP contribution in [0, 0.1) is 6.92 Å². The highest BCUT2D eigenvalue weighted by molar-refractivity contribution is 5.75. The number of ether oxygens (including phenoxy) is 2. The molecular weight excluding hydrogens is 422 g/mol. The molecule has 1 amide bonds. The number of hydrogen-bond acceptors (Lipinski definition) is 3. The zero-order valence-electron chi connectivity index (χ0n) is 21.1. The van der Waals surface area contributed by atoms with Gasteiger partial charge in [0.1, 0.15) is 11.5 Å². The summed E-state index contributed by atoms with van der Waals surface area (Å²) in [5.74, 6) is 2.06. The van der Waals surface area contributed by atoms with E-state index in [-0.39, 0.29) is 17.9 Å². The molecule has 34 heavy (non-hydrogen) atoms. The maximum atomic E-state index is 12.8. The monoisotopic (exact) mass is 459 g/mol.